The van der Waals surface area contributed by atoms with Gasteiger partial charge in [0.2, 0.25) is 0 Å². The zero-order valence-electron chi connectivity index (χ0n) is 14.8. The van der Waals surface area contributed by atoms with E-state index in [9.17, 15) is 0 Å². The average Bonchev–Trinajstić information content (AvgIpc) is 2.56. The Hall–Kier alpha value is -1.05. The van der Waals surface area contributed by atoms with Crippen molar-refractivity contribution < 1.29 is 9.47 Å². The summed E-state index contributed by atoms with van der Waals surface area (Å²) < 4.78 is 10.7. The highest BCUT2D eigenvalue weighted by molar-refractivity contribution is 6.12. The Morgan fingerprint density at radius 3 is 1.81 bits per heavy atom. The van der Waals surface area contributed by atoms with E-state index in [1.54, 1.807) is 14.2 Å². The minimum absolute atomic E-state index is 0.0540. The SMILES string of the molecule is CC.[B]C.[B]C(CCCC)c1cc(OC)c(C)c(OC)c1. The van der Waals surface area contributed by atoms with E-state index in [2.05, 4.69) is 14.8 Å². The molecule has 0 spiro atoms. The summed E-state index contributed by atoms with van der Waals surface area (Å²) in [6, 6.07) is 4.02. The molecule has 4 heteroatoms. The highest BCUT2D eigenvalue weighted by Crippen LogP contribution is 2.33. The number of ether oxygens (including phenoxy) is 2. The van der Waals surface area contributed by atoms with Crippen LogP contribution in [0.4, 0.5) is 0 Å². The van der Waals surface area contributed by atoms with Crippen molar-refractivity contribution in [3.8, 4) is 11.5 Å². The number of hydrogen-bond donors (Lipinski definition) is 0. The summed E-state index contributed by atoms with van der Waals surface area (Å²) in [4.78, 5) is 0. The third-order valence-electron chi connectivity index (χ3n) is 3.07. The molecule has 1 atom stereocenters. The zero-order valence-corrected chi connectivity index (χ0v) is 14.8. The molecule has 0 N–H and O–H groups in total. The van der Waals surface area contributed by atoms with Gasteiger partial charge in [-0.05, 0) is 24.6 Å². The molecule has 0 aliphatic rings. The first-order valence-corrected chi connectivity index (χ1v) is 7.69. The highest BCUT2D eigenvalue weighted by atomic mass is 16.5. The van der Waals surface area contributed by atoms with Gasteiger partial charge in [-0.25, -0.2) is 0 Å². The van der Waals surface area contributed by atoms with Crippen LogP contribution in [0.5, 0.6) is 11.5 Å². The van der Waals surface area contributed by atoms with E-state index in [1.807, 2.05) is 32.9 Å². The molecule has 116 valence electrons. The van der Waals surface area contributed by atoms with Crippen molar-refractivity contribution in [3.63, 3.8) is 0 Å². The fraction of sp³-hybridized carbons (Fsp3) is 0.647. The second kappa shape index (κ2) is 13.9. The molecule has 1 aromatic rings. The van der Waals surface area contributed by atoms with Crippen LogP contribution < -0.4 is 9.47 Å². The summed E-state index contributed by atoms with van der Waals surface area (Å²) in [6.07, 6.45) is 3.29. The van der Waals surface area contributed by atoms with Gasteiger partial charge in [0.15, 0.2) is 0 Å². The quantitative estimate of drug-likeness (QED) is 0.710. The molecule has 0 aromatic heterocycles. The van der Waals surface area contributed by atoms with Gasteiger partial charge in [0.25, 0.3) is 0 Å². The molecule has 0 bridgehead atoms. The van der Waals surface area contributed by atoms with E-state index in [0.717, 1.165) is 41.9 Å². The van der Waals surface area contributed by atoms with Gasteiger partial charge in [0, 0.05) is 5.56 Å². The molecule has 0 saturated heterocycles. The predicted octanol–water partition coefficient (Wildman–Crippen LogP) is 4.64. The fourth-order valence-corrected chi connectivity index (χ4v) is 1.91. The van der Waals surface area contributed by atoms with Gasteiger partial charge in [-0.2, -0.15) is 0 Å². The third kappa shape index (κ3) is 7.50. The van der Waals surface area contributed by atoms with Gasteiger partial charge in [-0.3, -0.25) is 0 Å². The Morgan fingerprint density at radius 1 is 1.05 bits per heavy atom. The standard InChI is InChI=1S/C14H21BO2.C2H6.CH3B/c1-5-6-7-12(15)11-8-13(16-3)10(2)14(9-11)17-4;2*1-2/h8-9,12H,5-7H2,1-4H3;1-2H3;1H3. The minimum atomic E-state index is 0.0540. The Bertz CT molecular complexity index is 343. The third-order valence-corrected chi connectivity index (χ3v) is 3.07. The summed E-state index contributed by atoms with van der Waals surface area (Å²) in [5.41, 5.74) is 2.10. The maximum Gasteiger partial charge on any atom is 0.125 e. The summed E-state index contributed by atoms with van der Waals surface area (Å²) in [7, 11) is 14.0. The van der Waals surface area contributed by atoms with Crippen LogP contribution >= 0.6 is 0 Å². The number of unbranched alkanes of at least 4 members (excludes halogenated alkanes) is 1. The number of hydrogen-bond acceptors (Lipinski definition) is 2. The Morgan fingerprint density at radius 2 is 1.48 bits per heavy atom. The Labute approximate surface area is 134 Å². The molecule has 0 saturated carbocycles. The zero-order chi connectivity index (χ0) is 16.8. The molecule has 0 fully saturated rings. The minimum Gasteiger partial charge on any atom is -0.496 e. The van der Waals surface area contributed by atoms with Gasteiger partial charge >= 0.3 is 0 Å². The van der Waals surface area contributed by atoms with Crippen LogP contribution in [-0.2, 0) is 0 Å². The van der Waals surface area contributed by atoms with Crippen molar-refractivity contribution in [2.75, 3.05) is 14.2 Å². The van der Waals surface area contributed by atoms with Crippen molar-refractivity contribution in [2.45, 2.75) is 59.6 Å². The molecular weight excluding hydrogens is 258 g/mol. The lowest BCUT2D eigenvalue weighted by Gasteiger charge is -2.17. The summed E-state index contributed by atoms with van der Waals surface area (Å²) >= 11 is 0. The first-order valence-electron chi connectivity index (χ1n) is 7.69. The highest BCUT2D eigenvalue weighted by Gasteiger charge is 2.12. The van der Waals surface area contributed by atoms with E-state index in [4.69, 9.17) is 17.3 Å². The monoisotopic (exact) mass is 288 g/mol. The first kappa shape index (κ1) is 22.2. The van der Waals surface area contributed by atoms with Crippen molar-refractivity contribution in [1.29, 1.82) is 0 Å². The van der Waals surface area contributed by atoms with Gasteiger partial charge in [-0.1, -0.05) is 52.7 Å². The van der Waals surface area contributed by atoms with Crippen LogP contribution in [0.1, 0.15) is 57.0 Å². The van der Waals surface area contributed by atoms with Gasteiger partial charge in [0.05, 0.1) is 29.9 Å². The summed E-state index contributed by atoms with van der Waals surface area (Å²) in [6.45, 7) is 9.65. The van der Waals surface area contributed by atoms with Gasteiger partial charge in [0.1, 0.15) is 11.5 Å². The number of methoxy groups -OCH3 is 2. The largest absolute Gasteiger partial charge is 0.496 e. The van der Waals surface area contributed by atoms with Crippen molar-refractivity contribution in [2.24, 2.45) is 0 Å². The van der Waals surface area contributed by atoms with E-state index < -0.39 is 0 Å². The smallest absolute Gasteiger partial charge is 0.125 e. The fourth-order valence-electron chi connectivity index (χ4n) is 1.91. The topological polar surface area (TPSA) is 18.5 Å². The molecule has 0 aliphatic carbocycles. The van der Waals surface area contributed by atoms with Crippen LogP contribution in [0.3, 0.4) is 0 Å². The Balaban J connectivity index is 0. The predicted molar refractivity (Wildman–Crippen MR) is 95.3 cm³/mol. The molecule has 1 rings (SSSR count). The lowest BCUT2D eigenvalue weighted by molar-refractivity contribution is 0.387. The summed E-state index contributed by atoms with van der Waals surface area (Å²) in [5, 5.41) is 0. The van der Waals surface area contributed by atoms with Crippen molar-refractivity contribution in [3.05, 3.63) is 23.3 Å². The first-order chi connectivity index (χ1) is 10.1. The van der Waals surface area contributed by atoms with E-state index in [0.29, 0.717) is 0 Å². The second-order valence-corrected chi connectivity index (χ2v) is 4.30. The number of rotatable bonds is 6. The molecule has 0 amide bonds. The van der Waals surface area contributed by atoms with E-state index in [1.165, 1.54) is 6.82 Å². The van der Waals surface area contributed by atoms with E-state index >= 15 is 0 Å². The van der Waals surface area contributed by atoms with Gasteiger partial charge < -0.3 is 9.47 Å². The van der Waals surface area contributed by atoms with Crippen LogP contribution in [0, 0.1) is 6.92 Å². The molecule has 2 nitrogen and oxygen atoms in total. The van der Waals surface area contributed by atoms with E-state index in [-0.39, 0.29) is 5.82 Å². The average molecular weight is 288 g/mol. The molecule has 21 heavy (non-hydrogen) atoms. The molecular formula is C17H30B2O2. The molecule has 1 aromatic carbocycles. The van der Waals surface area contributed by atoms with Crippen LogP contribution in [0.2, 0.25) is 6.82 Å². The normalized spacial score (nSPS) is 10.4. The molecule has 1 unspecified atom stereocenters. The second-order valence-electron chi connectivity index (χ2n) is 4.30. The summed E-state index contributed by atoms with van der Waals surface area (Å²) in [5.74, 6) is 1.73. The van der Waals surface area contributed by atoms with Gasteiger partial charge in [-0.15, -0.1) is 0 Å². The lowest BCUT2D eigenvalue weighted by atomic mass is 9.77. The maximum atomic E-state index is 6.17. The van der Waals surface area contributed by atoms with Crippen LogP contribution in [-0.4, -0.2) is 29.9 Å². The van der Waals surface area contributed by atoms with Crippen LogP contribution in [0.15, 0.2) is 12.1 Å². The molecule has 4 radical (unpaired) electrons. The maximum absolute atomic E-state index is 6.17. The van der Waals surface area contributed by atoms with Crippen LogP contribution in [0.25, 0.3) is 0 Å². The Kier molecular flexibility index (Phi) is 14.7. The molecule has 0 aliphatic heterocycles. The molecule has 0 heterocycles. The van der Waals surface area contributed by atoms with Crippen molar-refractivity contribution in [1.82, 2.24) is 0 Å². The van der Waals surface area contributed by atoms with Crippen molar-refractivity contribution >= 4 is 15.7 Å². The number of benzene rings is 1. The lowest BCUT2D eigenvalue weighted by Crippen LogP contribution is -2.01.